The molecule has 1 aliphatic heterocycles. The van der Waals surface area contributed by atoms with E-state index in [-0.39, 0.29) is 30.0 Å². The summed E-state index contributed by atoms with van der Waals surface area (Å²) in [6, 6.07) is 10.2. The summed E-state index contributed by atoms with van der Waals surface area (Å²) >= 11 is 0. The Morgan fingerprint density at radius 3 is 2.67 bits per heavy atom. The highest BCUT2D eigenvalue weighted by atomic mass is 127. The van der Waals surface area contributed by atoms with Crippen LogP contribution in [0.3, 0.4) is 0 Å². The first-order valence-corrected chi connectivity index (χ1v) is 9.41. The molecule has 2 aromatic rings. The van der Waals surface area contributed by atoms with Gasteiger partial charge in [-0.15, -0.1) is 24.0 Å². The fourth-order valence-electron chi connectivity index (χ4n) is 3.25. The van der Waals surface area contributed by atoms with Gasteiger partial charge in [-0.2, -0.15) is 0 Å². The highest BCUT2D eigenvalue weighted by molar-refractivity contribution is 14.0. The second kappa shape index (κ2) is 10.9. The fourth-order valence-corrected chi connectivity index (χ4v) is 3.25. The van der Waals surface area contributed by atoms with Gasteiger partial charge in [0.25, 0.3) is 0 Å². The van der Waals surface area contributed by atoms with Crippen LogP contribution in [0.5, 0.6) is 0 Å². The van der Waals surface area contributed by atoms with Crippen molar-refractivity contribution < 1.29 is 9.15 Å². The van der Waals surface area contributed by atoms with Crippen LogP contribution in [0.15, 0.2) is 39.7 Å². The first kappa shape index (κ1) is 22.0. The van der Waals surface area contributed by atoms with Crippen LogP contribution in [-0.4, -0.2) is 57.3 Å². The maximum atomic E-state index is 5.94. The monoisotopic (exact) mass is 486 g/mol. The average Bonchev–Trinajstić information content (AvgIpc) is 3.10. The first-order chi connectivity index (χ1) is 12.7. The third kappa shape index (κ3) is 6.36. The van der Waals surface area contributed by atoms with Gasteiger partial charge in [0.1, 0.15) is 11.3 Å². The van der Waals surface area contributed by atoms with E-state index in [4.69, 9.17) is 9.15 Å². The van der Waals surface area contributed by atoms with Crippen molar-refractivity contribution >= 4 is 40.9 Å². The van der Waals surface area contributed by atoms with Gasteiger partial charge in [-0.3, -0.25) is 9.89 Å². The molecule has 27 heavy (non-hydrogen) atoms. The van der Waals surface area contributed by atoms with Crippen LogP contribution in [0, 0.1) is 5.92 Å². The topological polar surface area (TPSA) is 62.0 Å². The molecule has 0 radical (unpaired) electrons. The van der Waals surface area contributed by atoms with Gasteiger partial charge in [-0.05, 0) is 25.0 Å². The Kier molecular flexibility index (Phi) is 8.85. The van der Waals surface area contributed by atoms with E-state index < -0.39 is 0 Å². The summed E-state index contributed by atoms with van der Waals surface area (Å²) in [7, 11) is 1.80. The number of fused-ring (bicyclic) bond motifs is 1. The molecule has 2 atom stereocenters. The van der Waals surface area contributed by atoms with Crippen LogP contribution in [0.1, 0.15) is 25.6 Å². The number of nitrogens with one attached hydrogen (secondary N) is 2. The van der Waals surface area contributed by atoms with Gasteiger partial charge in [0, 0.05) is 38.6 Å². The first-order valence-electron chi connectivity index (χ1n) is 9.41. The number of rotatable bonds is 6. The molecule has 1 aliphatic rings. The molecule has 0 amide bonds. The van der Waals surface area contributed by atoms with Crippen LogP contribution in [0.2, 0.25) is 0 Å². The number of ether oxygens (including phenoxy) is 1. The second-order valence-corrected chi connectivity index (χ2v) is 7.02. The summed E-state index contributed by atoms with van der Waals surface area (Å²) in [5, 5.41) is 7.97. The van der Waals surface area contributed by atoms with Crippen molar-refractivity contribution in [2.75, 3.05) is 46.4 Å². The summed E-state index contributed by atoms with van der Waals surface area (Å²) < 4.78 is 11.3. The highest BCUT2D eigenvalue weighted by Crippen LogP contribution is 2.23. The van der Waals surface area contributed by atoms with Crippen LogP contribution in [0.4, 0.5) is 0 Å². The molecule has 1 aromatic carbocycles. The highest BCUT2D eigenvalue weighted by Gasteiger charge is 2.16. The van der Waals surface area contributed by atoms with Crippen molar-refractivity contribution in [3.63, 3.8) is 0 Å². The van der Waals surface area contributed by atoms with Gasteiger partial charge >= 0.3 is 0 Å². The Balaban J connectivity index is 0.00000261. The van der Waals surface area contributed by atoms with E-state index in [9.17, 15) is 0 Å². The van der Waals surface area contributed by atoms with Gasteiger partial charge in [0.15, 0.2) is 5.96 Å². The molecule has 1 fully saturated rings. The fraction of sp³-hybridized carbons (Fsp3) is 0.550. The van der Waals surface area contributed by atoms with E-state index in [2.05, 4.69) is 46.5 Å². The molecule has 0 saturated carbocycles. The van der Waals surface area contributed by atoms with Gasteiger partial charge in [0.2, 0.25) is 0 Å². The smallest absolute Gasteiger partial charge is 0.191 e. The molecule has 0 aliphatic carbocycles. The minimum atomic E-state index is 0. The molecule has 2 N–H and O–H groups in total. The number of halogens is 1. The maximum Gasteiger partial charge on any atom is 0.191 e. The molecule has 150 valence electrons. The van der Waals surface area contributed by atoms with Crippen molar-refractivity contribution in [3.05, 3.63) is 36.1 Å². The number of para-hydroxylation sites is 1. The number of aliphatic imine (C=N–C) groups is 1. The SMILES string of the molecule is CN=C(NCC(C)CN1CCOCC1)NC(C)c1cc2ccccc2o1.I. The van der Waals surface area contributed by atoms with Crippen molar-refractivity contribution in [1.29, 1.82) is 0 Å². The van der Waals surface area contributed by atoms with Crippen LogP contribution in [0.25, 0.3) is 11.0 Å². The standard InChI is InChI=1S/C20H30N4O2.HI/c1-15(14-24-8-10-25-11-9-24)13-22-20(21-3)23-16(2)19-12-17-6-4-5-7-18(17)26-19;/h4-7,12,15-16H,8-11,13-14H2,1-3H3,(H2,21,22,23);1H. The largest absolute Gasteiger partial charge is 0.459 e. The third-order valence-electron chi connectivity index (χ3n) is 4.74. The Morgan fingerprint density at radius 1 is 1.22 bits per heavy atom. The Hall–Kier alpha value is -1.32. The molecule has 6 nitrogen and oxygen atoms in total. The van der Waals surface area contributed by atoms with Crippen molar-refractivity contribution in [3.8, 4) is 0 Å². The molecule has 7 heteroatoms. The number of guanidine groups is 1. The number of benzene rings is 1. The number of hydrogen-bond donors (Lipinski definition) is 2. The molecule has 2 unspecified atom stereocenters. The van der Waals surface area contributed by atoms with Crippen molar-refractivity contribution in [2.24, 2.45) is 10.9 Å². The van der Waals surface area contributed by atoms with Gasteiger partial charge in [-0.25, -0.2) is 0 Å². The summed E-state index contributed by atoms with van der Waals surface area (Å²) in [6.45, 7) is 10.0. The Morgan fingerprint density at radius 2 is 1.96 bits per heavy atom. The lowest BCUT2D eigenvalue weighted by molar-refractivity contribution is 0.0320. The zero-order valence-corrected chi connectivity index (χ0v) is 18.7. The van der Waals surface area contributed by atoms with E-state index >= 15 is 0 Å². The zero-order valence-electron chi connectivity index (χ0n) is 16.4. The molecule has 0 bridgehead atoms. The third-order valence-corrected chi connectivity index (χ3v) is 4.74. The predicted molar refractivity (Wildman–Crippen MR) is 121 cm³/mol. The van der Waals surface area contributed by atoms with Crippen LogP contribution in [-0.2, 0) is 4.74 Å². The van der Waals surface area contributed by atoms with Crippen molar-refractivity contribution in [1.82, 2.24) is 15.5 Å². The minimum absolute atomic E-state index is 0. The molecular formula is C20H31IN4O2. The quantitative estimate of drug-likeness (QED) is 0.373. The number of furan rings is 1. The molecule has 0 spiro atoms. The Bertz CT molecular complexity index is 695. The maximum absolute atomic E-state index is 5.94. The predicted octanol–water partition coefficient (Wildman–Crippen LogP) is 3.25. The average molecular weight is 486 g/mol. The van der Waals surface area contributed by atoms with Gasteiger partial charge in [0.05, 0.1) is 19.3 Å². The van der Waals surface area contributed by atoms with E-state index in [0.717, 1.165) is 62.1 Å². The summed E-state index contributed by atoms with van der Waals surface area (Å²) in [5.74, 6) is 2.25. The lowest BCUT2D eigenvalue weighted by Gasteiger charge is -2.29. The summed E-state index contributed by atoms with van der Waals surface area (Å²) in [5.41, 5.74) is 0.915. The van der Waals surface area contributed by atoms with Crippen molar-refractivity contribution in [2.45, 2.75) is 19.9 Å². The number of nitrogens with zero attached hydrogens (tertiary/aromatic N) is 2. The van der Waals surface area contributed by atoms with Crippen LogP contribution < -0.4 is 10.6 Å². The lowest BCUT2D eigenvalue weighted by Crippen LogP contribution is -2.44. The number of hydrogen-bond acceptors (Lipinski definition) is 4. The molecule has 1 aromatic heterocycles. The number of morpholine rings is 1. The molecule has 1 saturated heterocycles. The lowest BCUT2D eigenvalue weighted by atomic mass is 10.1. The summed E-state index contributed by atoms with van der Waals surface area (Å²) in [4.78, 5) is 6.81. The van der Waals surface area contributed by atoms with E-state index in [0.29, 0.717) is 5.92 Å². The molecular weight excluding hydrogens is 455 g/mol. The summed E-state index contributed by atoms with van der Waals surface area (Å²) in [6.07, 6.45) is 0. The van der Waals surface area contributed by atoms with Crippen LogP contribution >= 0.6 is 24.0 Å². The zero-order chi connectivity index (χ0) is 18.4. The second-order valence-electron chi connectivity index (χ2n) is 7.02. The van der Waals surface area contributed by atoms with E-state index in [1.807, 2.05) is 18.2 Å². The minimum Gasteiger partial charge on any atom is -0.459 e. The normalized spacial score (nSPS) is 18.0. The van der Waals surface area contributed by atoms with Gasteiger partial charge < -0.3 is 19.8 Å². The van der Waals surface area contributed by atoms with Gasteiger partial charge in [-0.1, -0.05) is 25.1 Å². The molecule has 3 rings (SSSR count). The Labute approximate surface area is 178 Å². The van der Waals surface area contributed by atoms with E-state index in [1.165, 1.54) is 0 Å². The molecule has 2 heterocycles. The van der Waals surface area contributed by atoms with E-state index in [1.54, 1.807) is 7.05 Å².